The second kappa shape index (κ2) is 5.42. The normalized spacial score (nSPS) is 10.4. The fourth-order valence-electron chi connectivity index (χ4n) is 1.22. The van der Waals surface area contributed by atoms with Crippen LogP contribution in [-0.4, -0.2) is 24.7 Å². The summed E-state index contributed by atoms with van der Waals surface area (Å²) in [6.07, 6.45) is -2.89. The van der Waals surface area contributed by atoms with Crippen LogP contribution in [0.3, 0.4) is 0 Å². The van der Waals surface area contributed by atoms with Gasteiger partial charge in [-0.25, -0.2) is 13.6 Å². The number of halogens is 2. The van der Waals surface area contributed by atoms with Crippen molar-refractivity contribution in [1.29, 1.82) is 0 Å². The smallest absolute Gasteiger partial charge is 0.343 e. The molecule has 7 heteroatoms. The third-order valence-electron chi connectivity index (χ3n) is 1.97. The van der Waals surface area contributed by atoms with E-state index in [1.165, 1.54) is 0 Å². The third-order valence-corrected chi connectivity index (χ3v) is 1.97. The third kappa shape index (κ3) is 2.80. The molecule has 17 heavy (non-hydrogen) atoms. The summed E-state index contributed by atoms with van der Waals surface area (Å²) in [5, 5.41) is 0. The molecule has 0 aliphatic carbocycles. The minimum absolute atomic E-state index is 0.0805. The minimum Gasteiger partial charge on any atom is -0.495 e. The van der Waals surface area contributed by atoms with Crippen molar-refractivity contribution in [1.82, 2.24) is 4.98 Å². The zero-order valence-corrected chi connectivity index (χ0v) is 9.25. The van der Waals surface area contributed by atoms with E-state index in [0.29, 0.717) is 0 Å². The van der Waals surface area contributed by atoms with Gasteiger partial charge in [0, 0.05) is 6.07 Å². The lowest BCUT2D eigenvalue weighted by Crippen LogP contribution is -2.21. The molecule has 0 aliphatic rings. The second-order valence-electron chi connectivity index (χ2n) is 3.02. The highest BCUT2D eigenvalue weighted by Gasteiger charge is 2.20. The Hall–Kier alpha value is -1.92. The summed E-state index contributed by atoms with van der Waals surface area (Å²) in [6, 6.07) is 0.943. The molecule has 0 bridgehead atoms. The Bertz CT molecular complexity index is 470. The molecule has 0 saturated carbocycles. The predicted molar refractivity (Wildman–Crippen MR) is 54.5 cm³/mol. The van der Waals surface area contributed by atoms with E-state index in [9.17, 15) is 18.4 Å². The van der Waals surface area contributed by atoms with Gasteiger partial charge in [-0.1, -0.05) is 0 Å². The van der Waals surface area contributed by atoms with Crippen molar-refractivity contribution >= 4 is 5.97 Å². The first-order chi connectivity index (χ1) is 8.01. The quantitative estimate of drug-likeness (QED) is 0.818. The van der Waals surface area contributed by atoms with Crippen molar-refractivity contribution in [3.63, 3.8) is 0 Å². The molecule has 0 aromatic carbocycles. The molecule has 1 aromatic heterocycles. The number of H-pyrrole nitrogens is 1. The summed E-state index contributed by atoms with van der Waals surface area (Å²) in [7, 11) is 1.16. The topological polar surface area (TPSA) is 68.4 Å². The van der Waals surface area contributed by atoms with Crippen LogP contribution in [0.1, 0.15) is 29.4 Å². The van der Waals surface area contributed by atoms with Gasteiger partial charge < -0.3 is 14.5 Å². The SMILES string of the molecule is CCOC(=O)c1cc(OC)c(C(F)F)[nH]c1=O. The number of rotatable bonds is 4. The maximum absolute atomic E-state index is 12.5. The molecule has 1 heterocycles. The molecule has 0 unspecified atom stereocenters. The van der Waals surface area contributed by atoms with Gasteiger partial charge in [0.25, 0.3) is 12.0 Å². The van der Waals surface area contributed by atoms with Crippen LogP contribution in [0, 0.1) is 0 Å². The number of carbonyl (C=O) groups is 1. The van der Waals surface area contributed by atoms with E-state index in [0.717, 1.165) is 13.2 Å². The van der Waals surface area contributed by atoms with E-state index in [4.69, 9.17) is 0 Å². The summed E-state index contributed by atoms with van der Waals surface area (Å²) in [6.45, 7) is 1.65. The lowest BCUT2D eigenvalue weighted by atomic mass is 10.2. The number of aromatic nitrogens is 1. The highest BCUT2D eigenvalue weighted by Crippen LogP contribution is 2.26. The molecule has 0 amide bonds. The van der Waals surface area contributed by atoms with Gasteiger partial charge in [-0.2, -0.15) is 0 Å². The molecule has 1 aromatic rings. The monoisotopic (exact) mass is 247 g/mol. The number of carbonyl (C=O) groups excluding carboxylic acids is 1. The molecule has 5 nitrogen and oxygen atoms in total. The predicted octanol–water partition coefficient (Wildman–Crippen LogP) is 1.50. The van der Waals surface area contributed by atoms with Crippen LogP contribution in [0.15, 0.2) is 10.9 Å². The van der Waals surface area contributed by atoms with Crippen molar-refractivity contribution in [3.05, 3.63) is 27.7 Å². The van der Waals surface area contributed by atoms with E-state index in [1.54, 1.807) is 6.92 Å². The summed E-state index contributed by atoms with van der Waals surface area (Å²) in [5.41, 5.74) is -1.96. The van der Waals surface area contributed by atoms with Crippen LogP contribution in [0.2, 0.25) is 0 Å². The molecule has 0 atom stereocenters. The number of hydrogen-bond acceptors (Lipinski definition) is 4. The van der Waals surface area contributed by atoms with Crippen LogP contribution < -0.4 is 10.3 Å². The molecule has 1 N–H and O–H groups in total. The van der Waals surface area contributed by atoms with Gasteiger partial charge in [0.1, 0.15) is 17.0 Å². The van der Waals surface area contributed by atoms with E-state index in [1.807, 2.05) is 4.98 Å². The highest BCUT2D eigenvalue weighted by atomic mass is 19.3. The first-order valence-electron chi connectivity index (χ1n) is 4.77. The Morgan fingerprint density at radius 3 is 2.65 bits per heavy atom. The molecule has 0 fully saturated rings. The molecule has 0 saturated heterocycles. The Morgan fingerprint density at radius 2 is 2.18 bits per heavy atom. The van der Waals surface area contributed by atoms with Crippen LogP contribution in [0.5, 0.6) is 5.75 Å². The van der Waals surface area contributed by atoms with Gasteiger partial charge in [-0.15, -0.1) is 0 Å². The first-order valence-corrected chi connectivity index (χ1v) is 4.77. The van der Waals surface area contributed by atoms with Gasteiger partial charge in [0.2, 0.25) is 0 Å². The van der Waals surface area contributed by atoms with Gasteiger partial charge in [0.15, 0.2) is 0 Å². The zero-order valence-electron chi connectivity index (χ0n) is 9.25. The Morgan fingerprint density at radius 1 is 1.53 bits per heavy atom. The second-order valence-corrected chi connectivity index (χ2v) is 3.02. The van der Waals surface area contributed by atoms with E-state index in [-0.39, 0.29) is 17.9 Å². The van der Waals surface area contributed by atoms with Crippen LogP contribution in [0.25, 0.3) is 0 Å². The Balaban J connectivity index is 3.27. The van der Waals surface area contributed by atoms with Crippen molar-refractivity contribution in [2.75, 3.05) is 13.7 Å². The van der Waals surface area contributed by atoms with Gasteiger partial charge in [-0.05, 0) is 6.92 Å². The van der Waals surface area contributed by atoms with Crippen molar-refractivity contribution in [2.45, 2.75) is 13.3 Å². The molecular formula is C10H11F2NO4. The summed E-state index contributed by atoms with van der Waals surface area (Å²) in [4.78, 5) is 24.6. The highest BCUT2D eigenvalue weighted by molar-refractivity contribution is 5.89. The van der Waals surface area contributed by atoms with Crippen molar-refractivity contribution in [2.24, 2.45) is 0 Å². The molecule has 0 aliphatic heterocycles. The molecule has 0 spiro atoms. The molecule has 0 radical (unpaired) electrons. The number of nitrogens with one attached hydrogen (secondary N) is 1. The maximum Gasteiger partial charge on any atom is 0.343 e. The van der Waals surface area contributed by atoms with Crippen molar-refractivity contribution < 1.29 is 23.0 Å². The number of alkyl halides is 2. The minimum atomic E-state index is -2.89. The summed E-state index contributed by atoms with van der Waals surface area (Å²) >= 11 is 0. The Kier molecular flexibility index (Phi) is 4.19. The van der Waals surface area contributed by atoms with Gasteiger partial charge in [-0.3, -0.25) is 4.79 Å². The fourth-order valence-corrected chi connectivity index (χ4v) is 1.22. The number of pyridine rings is 1. The van der Waals surface area contributed by atoms with E-state index >= 15 is 0 Å². The number of methoxy groups -OCH3 is 1. The van der Waals surface area contributed by atoms with Crippen LogP contribution in [-0.2, 0) is 4.74 Å². The fraction of sp³-hybridized carbons (Fsp3) is 0.400. The average Bonchev–Trinajstić information content (AvgIpc) is 2.28. The lowest BCUT2D eigenvalue weighted by molar-refractivity contribution is 0.0523. The van der Waals surface area contributed by atoms with Crippen molar-refractivity contribution in [3.8, 4) is 5.75 Å². The lowest BCUT2D eigenvalue weighted by Gasteiger charge is -2.08. The van der Waals surface area contributed by atoms with E-state index < -0.39 is 23.6 Å². The number of hydrogen-bond donors (Lipinski definition) is 1. The number of ether oxygens (including phenoxy) is 2. The molecular weight excluding hydrogens is 236 g/mol. The Labute approximate surface area is 95.4 Å². The van der Waals surface area contributed by atoms with Crippen LogP contribution >= 0.6 is 0 Å². The van der Waals surface area contributed by atoms with E-state index in [2.05, 4.69) is 9.47 Å². The largest absolute Gasteiger partial charge is 0.495 e. The molecule has 1 rings (SSSR count). The first kappa shape index (κ1) is 13.1. The number of esters is 1. The zero-order chi connectivity index (χ0) is 13.0. The maximum atomic E-state index is 12.5. The number of aromatic amines is 1. The summed E-state index contributed by atoms with van der Waals surface area (Å²) in [5.74, 6) is -1.14. The summed E-state index contributed by atoms with van der Waals surface area (Å²) < 4.78 is 34.3. The van der Waals surface area contributed by atoms with Gasteiger partial charge in [0.05, 0.1) is 13.7 Å². The standard InChI is InChI=1S/C10H11F2NO4/c1-3-17-10(15)5-4-6(16-2)7(8(11)12)13-9(5)14/h4,8H,3H2,1-2H3,(H,13,14). The average molecular weight is 247 g/mol. The van der Waals surface area contributed by atoms with Crippen LogP contribution in [0.4, 0.5) is 8.78 Å². The van der Waals surface area contributed by atoms with Gasteiger partial charge >= 0.3 is 5.97 Å². The molecule has 94 valence electrons.